The highest BCUT2D eigenvalue weighted by molar-refractivity contribution is 5.44. The summed E-state index contributed by atoms with van der Waals surface area (Å²) in [6, 6.07) is 20.2. The molecule has 6 heteroatoms. The third-order valence-corrected chi connectivity index (χ3v) is 5.16. The highest BCUT2D eigenvalue weighted by Crippen LogP contribution is 2.42. The molecule has 5 nitrogen and oxygen atoms in total. The third-order valence-electron chi connectivity index (χ3n) is 5.16. The summed E-state index contributed by atoms with van der Waals surface area (Å²) in [7, 11) is 0. The Balaban J connectivity index is 1.89. The second kappa shape index (κ2) is 9.91. The van der Waals surface area contributed by atoms with Gasteiger partial charge in [0.2, 0.25) is 0 Å². The van der Waals surface area contributed by atoms with E-state index in [-0.39, 0.29) is 24.3 Å². The van der Waals surface area contributed by atoms with Crippen molar-refractivity contribution in [1.82, 2.24) is 15.0 Å². The Bertz CT molecular complexity index is 1050. The number of anilines is 1. The van der Waals surface area contributed by atoms with Gasteiger partial charge in [-0.3, -0.25) is 9.97 Å². The molecule has 0 aliphatic heterocycles. The zero-order chi connectivity index (χ0) is 21.5. The van der Waals surface area contributed by atoms with Crippen molar-refractivity contribution in [2.75, 3.05) is 18.5 Å². The van der Waals surface area contributed by atoms with Crippen molar-refractivity contribution in [3.8, 4) is 0 Å². The Morgan fingerprint density at radius 2 is 1.45 bits per heavy atom. The van der Waals surface area contributed by atoms with Gasteiger partial charge in [-0.1, -0.05) is 30.3 Å². The quantitative estimate of drug-likeness (QED) is 0.448. The van der Waals surface area contributed by atoms with E-state index in [0.29, 0.717) is 12.4 Å². The van der Waals surface area contributed by atoms with Gasteiger partial charge >= 0.3 is 0 Å². The smallest absolute Gasteiger partial charge is 0.126 e. The number of pyridine rings is 3. The van der Waals surface area contributed by atoms with Crippen LogP contribution in [0.4, 0.5) is 10.2 Å². The van der Waals surface area contributed by atoms with E-state index >= 15 is 0 Å². The minimum absolute atomic E-state index is 0.0152. The minimum Gasteiger partial charge on any atom is -0.395 e. The molecule has 0 saturated carbocycles. The lowest BCUT2D eigenvalue weighted by atomic mass is 9.76. The number of halogens is 1. The summed E-state index contributed by atoms with van der Waals surface area (Å²) in [6.45, 7) is 0.424. The molecular weight excluding hydrogens is 391 g/mol. The fourth-order valence-corrected chi connectivity index (χ4v) is 3.81. The standard InChI is InChI=1S/C25H23FN4O/c26-21-10-8-18(9-11-21)25(22-6-1-7-23(30-22)29-14-15-31)24(19-4-2-12-27-16-19)20-5-3-13-28-17-20/h1-13,16-17,24-25,31H,14-15H2,(H,29,30). The molecule has 0 fully saturated rings. The molecule has 0 saturated heterocycles. The Morgan fingerprint density at radius 1 is 0.774 bits per heavy atom. The van der Waals surface area contributed by atoms with Gasteiger partial charge in [0, 0.05) is 43.2 Å². The lowest BCUT2D eigenvalue weighted by molar-refractivity contribution is 0.311. The molecule has 0 bridgehead atoms. The van der Waals surface area contributed by atoms with Gasteiger partial charge in [0.15, 0.2) is 0 Å². The van der Waals surface area contributed by atoms with Gasteiger partial charge in [-0.15, -0.1) is 0 Å². The monoisotopic (exact) mass is 414 g/mol. The maximum absolute atomic E-state index is 13.7. The molecule has 3 heterocycles. The summed E-state index contributed by atoms with van der Waals surface area (Å²) in [5.41, 5.74) is 3.79. The molecule has 2 N–H and O–H groups in total. The van der Waals surface area contributed by atoms with Crippen LogP contribution in [0.2, 0.25) is 0 Å². The van der Waals surface area contributed by atoms with Crippen molar-refractivity contribution in [3.63, 3.8) is 0 Å². The second-order valence-corrected chi connectivity index (χ2v) is 7.18. The first-order chi connectivity index (χ1) is 15.3. The van der Waals surface area contributed by atoms with Crippen molar-refractivity contribution >= 4 is 5.82 Å². The second-order valence-electron chi connectivity index (χ2n) is 7.18. The molecule has 0 amide bonds. The average molecular weight is 414 g/mol. The Morgan fingerprint density at radius 3 is 2.03 bits per heavy atom. The van der Waals surface area contributed by atoms with Crippen LogP contribution in [0, 0.1) is 5.82 Å². The van der Waals surface area contributed by atoms with Crippen LogP contribution in [0.1, 0.15) is 34.2 Å². The number of hydrogen-bond donors (Lipinski definition) is 2. The maximum atomic E-state index is 13.7. The van der Waals surface area contributed by atoms with Crippen molar-refractivity contribution in [2.45, 2.75) is 11.8 Å². The van der Waals surface area contributed by atoms with Gasteiger partial charge in [0.05, 0.1) is 12.3 Å². The highest BCUT2D eigenvalue weighted by atomic mass is 19.1. The van der Waals surface area contributed by atoms with E-state index in [1.807, 2.05) is 54.9 Å². The van der Waals surface area contributed by atoms with Crippen LogP contribution in [0.25, 0.3) is 0 Å². The van der Waals surface area contributed by atoms with E-state index in [2.05, 4.69) is 15.3 Å². The van der Waals surface area contributed by atoms with Crippen LogP contribution in [0.3, 0.4) is 0 Å². The van der Waals surface area contributed by atoms with E-state index < -0.39 is 0 Å². The van der Waals surface area contributed by atoms with Gasteiger partial charge < -0.3 is 10.4 Å². The van der Waals surface area contributed by atoms with Crippen LogP contribution >= 0.6 is 0 Å². The predicted octanol–water partition coefficient (Wildman–Crippen LogP) is 4.38. The Hall–Kier alpha value is -3.64. The summed E-state index contributed by atoms with van der Waals surface area (Å²) in [5.74, 6) is 0.0567. The fraction of sp³-hybridized carbons (Fsp3) is 0.160. The van der Waals surface area contributed by atoms with Crippen LogP contribution in [-0.2, 0) is 0 Å². The highest BCUT2D eigenvalue weighted by Gasteiger charge is 2.30. The van der Waals surface area contributed by atoms with Crippen molar-refractivity contribution < 1.29 is 9.50 Å². The van der Waals surface area contributed by atoms with Crippen molar-refractivity contribution in [3.05, 3.63) is 120 Å². The largest absolute Gasteiger partial charge is 0.395 e. The van der Waals surface area contributed by atoms with Crippen LogP contribution in [0.15, 0.2) is 91.5 Å². The predicted molar refractivity (Wildman–Crippen MR) is 118 cm³/mol. The number of hydrogen-bond acceptors (Lipinski definition) is 5. The number of aromatic nitrogens is 3. The van der Waals surface area contributed by atoms with E-state index in [9.17, 15) is 4.39 Å². The van der Waals surface area contributed by atoms with Gasteiger partial charge in [0.25, 0.3) is 0 Å². The zero-order valence-electron chi connectivity index (χ0n) is 16.9. The number of rotatable bonds is 8. The maximum Gasteiger partial charge on any atom is 0.126 e. The Labute approximate surface area is 180 Å². The lowest BCUT2D eigenvalue weighted by Crippen LogP contribution is -2.17. The average Bonchev–Trinajstić information content (AvgIpc) is 2.83. The fourth-order valence-electron chi connectivity index (χ4n) is 3.81. The summed E-state index contributed by atoms with van der Waals surface area (Å²) in [4.78, 5) is 13.5. The van der Waals surface area contributed by atoms with Gasteiger partial charge in [-0.2, -0.15) is 0 Å². The number of nitrogens with one attached hydrogen (secondary N) is 1. The van der Waals surface area contributed by atoms with Gasteiger partial charge in [-0.25, -0.2) is 9.37 Å². The van der Waals surface area contributed by atoms with E-state index in [1.165, 1.54) is 12.1 Å². The topological polar surface area (TPSA) is 70.9 Å². The third kappa shape index (κ3) is 4.92. The first-order valence-electron chi connectivity index (χ1n) is 10.1. The van der Waals surface area contributed by atoms with Crippen LogP contribution in [-0.4, -0.2) is 33.2 Å². The SMILES string of the molecule is OCCNc1cccc(C(c2ccc(F)cc2)C(c2cccnc2)c2cccnc2)n1. The molecule has 0 radical (unpaired) electrons. The molecule has 4 rings (SSSR count). The molecule has 1 unspecified atom stereocenters. The minimum atomic E-state index is -0.284. The number of aliphatic hydroxyl groups excluding tert-OH is 1. The first-order valence-corrected chi connectivity index (χ1v) is 10.1. The molecule has 3 aromatic heterocycles. The molecular formula is C25H23FN4O. The normalized spacial score (nSPS) is 12.0. The first kappa shape index (κ1) is 20.6. The molecule has 4 aromatic rings. The molecule has 156 valence electrons. The summed E-state index contributed by atoms with van der Waals surface area (Å²) < 4.78 is 13.7. The zero-order valence-corrected chi connectivity index (χ0v) is 16.9. The number of nitrogens with zero attached hydrogens (tertiary/aromatic N) is 3. The lowest BCUT2D eigenvalue weighted by Gasteiger charge is -2.28. The summed E-state index contributed by atoms with van der Waals surface area (Å²) >= 11 is 0. The Kier molecular flexibility index (Phi) is 6.59. The van der Waals surface area contributed by atoms with Crippen LogP contribution < -0.4 is 5.32 Å². The van der Waals surface area contributed by atoms with E-state index in [4.69, 9.17) is 10.1 Å². The van der Waals surface area contributed by atoms with Crippen molar-refractivity contribution in [1.29, 1.82) is 0 Å². The molecule has 0 spiro atoms. The van der Waals surface area contributed by atoms with E-state index in [1.54, 1.807) is 24.5 Å². The van der Waals surface area contributed by atoms with E-state index in [0.717, 1.165) is 22.4 Å². The molecule has 1 aromatic carbocycles. The van der Waals surface area contributed by atoms with Gasteiger partial charge in [0.1, 0.15) is 11.6 Å². The number of aliphatic hydroxyl groups is 1. The van der Waals surface area contributed by atoms with Crippen LogP contribution in [0.5, 0.6) is 0 Å². The van der Waals surface area contributed by atoms with Gasteiger partial charge in [-0.05, 0) is 53.1 Å². The molecule has 0 aliphatic carbocycles. The van der Waals surface area contributed by atoms with Crippen molar-refractivity contribution in [2.24, 2.45) is 0 Å². The molecule has 1 atom stereocenters. The summed E-state index contributed by atoms with van der Waals surface area (Å²) in [5, 5.41) is 12.3. The molecule has 31 heavy (non-hydrogen) atoms. The molecule has 0 aliphatic rings. The summed E-state index contributed by atoms with van der Waals surface area (Å²) in [6.07, 6.45) is 7.19. The number of benzene rings is 1.